The third-order valence-corrected chi connectivity index (χ3v) is 4.67. The number of benzene rings is 1. The predicted octanol–water partition coefficient (Wildman–Crippen LogP) is 3.93. The largest absolute Gasteiger partial charge is 0.494 e. The highest BCUT2D eigenvalue weighted by molar-refractivity contribution is 5.78. The van der Waals surface area contributed by atoms with Crippen molar-refractivity contribution >= 4 is 6.03 Å². The van der Waals surface area contributed by atoms with E-state index in [0.29, 0.717) is 17.3 Å². The second-order valence-corrected chi connectivity index (χ2v) is 6.20. The van der Waals surface area contributed by atoms with E-state index < -0.39 is 5.82 Å². The first-order valence-electron chi connectivity index (χ1n) is 8.25. The average Bonchev–Trinajstić information content (AvgIpc) is 3.11. The van der Waals surface area contributed by atoms with E-state index in [1.165, 1.54) is 43.3 Å². The quantitative estimate of drug-likeness (QED) is 0.856. The van der Waals surface area contributed by atoms with Gasteiger partial charge in [-0.2, -0.15) is 0 Å². The first-order chi connectivity index (χ1) is 11.6. The van der Waals surface area contributed by atoms with E-state index in [1.807, 2.05) is 7.05 Å². The van der Waals surface area contributed by atoms with Crippen LogP contribution in [0.2, 0.25) is 0 Å². The van der Waals surface area contributed by atoms with Gasteiger partial charge >= 0.3 is 6.03 Å². The average molecular weight is 331 g/mol. The predicted molar refractivity (Wildman–Crippen MR) is 89.6 cm³/mol. The first kappa shape index (κ1) is 16.5. The molecule has 128 valence electrons. The number of carbonyl (C=O) groups is 1. The lowest BCUT2D eigenvalue weighted by Gasteiger charge is -2.31. The molecule has 1 aliphatic rings. The van der Waals surface area contributed by atoms with Crippen LogP contribution in [0.15, 0.2) is 30.7 Å². The van der Waals surface area contributed by atoms with E-state index in [1.54, 1.807) is 23.2 Å². The monoisotopic (exact) mass is 331 g/mol. The van der Waals surface area contributed by atoms with Crippen LogP contribution in [0.1, 0.15) is 32.1 Å². The van der Waals surface area contributed by atoms with E-state index in [2.05, 4.69) is 4.98 Å². The lowest BCUT2D eigenvalue weighted by molar-refractivity contribution is 0.175. The Balaban J connectivity index is 1.78. The van der Waals surface area contributed by atoms with E-state index in [9.17, 15) is 9.18 Å². The fraction of sp³-hybridized carbons (Fsp3) is 0.444. The highest BCUT2D eigenvalue weighted by Gasteiger charge is 2.23. The molecule has 1 saturated carbocycles. The van der Waals surface area contributed by atoms with Gasteiger partial charge in [-0.05, 0) is 31.0 Å². The van der Waals surface area contributed by atoms with Crippen molar-refractivity contribution in [3.8, 4) is 17.0 Å². The number of hydrogen-bond acceptors (Lipinski definition) is 3. The Morgan fingerprint density at radius 3 is 2.79 bits per heavy atom. The van der Waals surface area contributed by atoms with Crippen molar-refractivity contribution < 1.29 is 13.9 Å². The summed E-state index contributed by atoms with van der Waals surface area (Å²) in [6, 6.07) is 4.75. The summed E-state index contributed by atoms with van der Waals surface area (Å²) in [7, 11) is 3.27. The van der Waals surface area contributed by atoms with Gasteiger partial charge in [0.25, 0.3) is 0 Å². The molecule has 1 amide bonds. The number of amides is 1. The van der Waals surface area contributed by atoms with Gasteiger partial charge in [-0.1, -0.05) is 19.3 Å². The molecule has 1 aromatic heterocycles. The minimum absolute atomic E-state index is 0.0882. The van der Waals surface area contributed by atoms with Gasteiger partial charge in [0.15, 0.2) is 11.6 Å². The highest BCUT2D eigenvalue weighted by Crippen LogP contribution is 2.26. The molecule has 1 aromatic carbocycles. The maximum Gasteiger partial charge on any atom is 0.329 e. The molecule has 0 aliphatic heterocycles. The lowest BCUT2D eigenvalue weighted by Crippen LogP contribution is -2.40. The molecule has 0 radical (unpaired) electrons. The van der Waals surface area contributed by atoms with Crippen LogP contribution in [0.25, 0.3) is 11.3 Å². The minimum atomic E-state index is -0.422. The van der Waals surface area contributed by atoms with Crippen LogP contribution in [0.4, 0.5) is 9.18 Å². The number of nitrogens with zero attached hydrogens (tertiary/aromatic N) is 3. The number of hydrogen-bond donors (Lipinski definition) is 0. The van der Waals surface area contributed by atoms with Gasteiger partial charge in [0.2, 0.25) is 0 Å². The van der Waals surface area contributed by atoms with E-state index in [-0.39, 0.29) is 11.8 Å². The molecule has 6 heteroatoms. The molecule has 3 rings (SSSR count). The fourth-order valence-corrected chi connectivity index (χ4v) is 3.20. The van der Waals surface area contributed by atoms with Crippen molar-refractivity contribution in [2.75, 3.05) is 14.2 Å². The number of carbonyl (C=O) groups excluding carboxylic acids is 1. The summed E-state index contributed by atoms with van der Waals surface area (Å²) in [5.41, 5.74) is 1.32. The molecule has 1 heterocycles. The van der Waals surface area contributed by atoms with Crippen LogP contribution in [0.5, 0.6) is 5.75 Å². The number of ether oxygens (including phenoxy) is 1. The van der Waals surface area contributed by atoms with Crippen molar-refractivity contribution in [2.45, 2.75) is 38.1 Å². The molecule has 0 N–H and O–H groups in total. The molecule has 1 fully saturated rings. The topological polar surface area (TPSA) is 47.4 Å². The Morgan fingerprint density at radius 2 is 2.08 bits per heavy atom. The molecule has 0 spiro atoms. The maximum atomic E-state index is 13.5. The molecular weight excluding hydrogens is 309 g/mol. The molecule has 0 atom stereocenters. The molecule has 0 saturated heterocycles. The smallest absolute Gasteiger partial charge is 0.329 e. The van der Waals surface area contributed by atoms with Gasteiger partial charge in [-0.25, -0.2) is 14.2 Å². The third kappa shape index (κ3) is 3.27. The summed E-state index contributed by atoms with van der Waals surface area (Å²) in [6.45, 7) is 0. The number of aromatic nitrogens is 2. The van der Waals surface area contributed by atoms with Crippen LogP contribution in [-0.2, 0) is 0 Å². The molecule has 5 nitrogen and oxygen atoms in total. The minimum Gasteiger partial charge on any atom is -0.494 e. The molecule has 0 bridgehead atoms. The van der Waals surface area contributed by atoms with Crippen LogP contribution in [0, 0.1) is 5.82 Å². The van der Waals surface area contributed by atoms with E-state index >= 15 is 0 Å². The number of methoxy groups -OCH3 is 1. The first-order valence-corrected chi connectivity index (χ1v) is 8.25. The highest BCUT2D eigenvalue weighted by atomic mass is 19.1. The number of halogens is 1. The number of imidazole rings is 1. The van der Waals surface area contributed by atoms with Crippen LogP contribution in [-0.4, -0.2) is 40.7 Å². The van der Waals surface area contributed by atoms with Crippen LogP contribution in [0.3, 0.4) is 0 Å². The Morgan fingerprint density at radius 1 is 1.33 bits per heavy atom. The van der Waals surface area contributed by atoms with Gasteiger partial charge in [0.1, 0.15) is 6.33 Å². The summed E-state index contributed by atoms with van der Waals surface area (Å²) in [5, 5.41) is 0. The number of rotatable bonds is 3. The van der Waals surface area contributed by atoms with Gasteiger partial charge in [-0.3, -0.25) is 4.57 Å². The second-order valence-electron chi connectivity index (χ2n) is 6.20. The standard InChI is InChI=1S/C18H22FN3O2/c1-21(14-6-4-3-5-7-14)18(23)22-11-16(20-12-22)13-8-9-15(19)17(10-13)24-2/h8-12,14H,3-7H2,1-2H3. The van der Waals surface area contributed by atoms with Crippen molar-refractivity contribution in [3.05, 3.63) is 36.5 Å². The zero-order valence-electron chi connectivity index (χ0n) is 14.0. The molecular formula is C18H22FN3O2. The summed E-state index contributed by atoms with van der Waals surface area (Å²) < 4.78 is 20.0. The Labute approximate surface area is 141 Å². The Bertz CT molecular complexity index is 723. The molecule has 1 aliphatic carbocycles. The van der Waals surface area contributed by atoms with Gasteiger partial charge < -0.3 is 9.64 Å². The summed E-state index contributed by atoms with van der Waals surface area (Å²) >= 11 is 0. The zero-order chi connectivity index (χ0) is 17.1. The van der Waals surface area contributed by atoms with Crippen LogP contribution >= 0.6 is 0 Å². The van der Waals surface area contributed by atoms with Crippen molar-refractivity contribution in [3.63, 3.8) is 0 Å². The Kier molecular flexibility index (Phi) is 4.83. The maximum absolute atomic E-state index is 13.5. The van der Waals surface area contributed by atoms with Crippen molar-refractivity contribution in [1.82, 2.24) is 14.5 Å². The van der Waals surface area contributed by atoms with Gasteiger partial charge in [-0.15, -0.1) is 0 Å². The fourth-order valence-electron chi connectivity index (χ4n) is 3.20. The summed E-state index contributed by atoms with van der Waals surface area (Å²) in [6.07, 6.45) is 8.89. The molecule has 24 heavy (non-hydrogen) atoms. The van der Waals surface area contributed by atoms with Gasteiger partial charge in [0, 0.05) is 24.8 Å². The normalized spacial score (nSPS) is 15.3. The van der Waals surface area contributed by atoms with Crippen molar-refractivity contribution in [2.24, 2.45) is 0 Å². The Hall–Kier alpha value is -2.37. The summed E-state index contributed by atoms with van der Waals surface area (Å²) in [5.74, 6) is -0.263. The van der Waals surface area contributed by atoms with Crippen LogP contribution < -0.4 is 4.74 Å². The zero-order valence-corrected chi connectivity index (χ0v) is 14.0. The molecule has 2 aromatic rings. The second kappa shape index (κ2) is 7.03. The summed E-state index contributed by atoms with van der Waals surface area (Å²) in [4.78, 5) is 18.7. The van der Waals surface area contributed by atoms with E-state index in [4.69, 9.17) is 4.74 Å². The molecule has 0 unspecified atom stereocenters. The van der Waals surface area contributed by atoms with E-state index in [0.717, 1.165) is 12.8 Å². The SMILES string of the molecule is COc1cc(-c2cn(C(=O)N(C)C3CCCCC3)cn2)ccc1F. The lowest BCUT2D eigenvalue weighted by atomic mass is 9.95. The van der Waals surface area contributed by atoms with Gasteiger partial charge in [0.05, 0.1) is 12.8 Å². The van der Waals surface area contributed by atoms with Crippen molar-refractivity contribution in [1.29, 1.82) is 0 Å². The third-order valence-electron chi connectivity index (χ3n) is 4.67.